The molecule has 0 unspecified atom stereocenters. The Hall–Kier alpha value is -1.58. The summed E-state index contributed by atoms with van der Waals surface area (Å²) in [5.41, 5.74) is 0. The summed E-state index contributed by atoms with van der Waals surface area (Å²) in [6, 6.07) is 14.3. The Labute approximate surface area is 107 Å². The Bertz CT molecular complexity index is 482. The quantitative estimate of drug-likeness (QED) is 0.703. The summed E-state index contributed by atoms with van der Waals surface area (Å²) in [4.78, 5) is 0. The first kappa shape index (κ1) is 12.9. The lowest BCUT2D eigenvalue weighted by Gasteiger charge is -2.08. The van der Waals surface area contributed by atoms with Gasteiger partial charge in [0.15, 0.2) is 0 Å². The van der Waals surface area contributed by atoms with Crippen molar-refractivity contribution in [3.63, 3.8) is 0 Å². The van der Waals surface area contributed by atoms with E-state index in [1.165, 1.54) is 10.8 Å². The lowest BCUT2D eigenvalue weighted by Crippen LogP contribution is -2.09. The van der Waals surface area contributed by atoms with Crippen LogP contribution in [-0.2, 0) is 9.47 Å². The molecular formula is C15H18O3. The van der Waals surface area contributed by atoms with Crippen molar-refractivity contribution in [2.75, 3.05) is 33.5 Å². The molecule has 96 valence electrons. The van der Waals surface area contributed by atoms with Crippen molar-refractivity contribution >= 4 is 10.8 Å². The van der Waals surface area contributed by atoms with Gasteiger partial charge < -0.3 is 14.2 Å². The molecule has 2 rings (SSSR count). The number of benzene rings is 2. The fraction of sp³-hybridized carbons (Fsp3) is 0.333. The van der Waals surface area contributed by atoms with E-state index in [1.807, 2.05) is 24.3 Å². The van der Waals surface area contributed by atoms with E-state index in [0.717, 1.165) is 5.75 Å². The molecule has 18 heavy (non-hydrogen) atoms. The van der Waals surface area contributed by atoms with Gasteiger partial charge in [-0.3, -0.25) is 0 Å². The van der Waals surface area contributed by atoms with E-state index in [9.17, 15) is 0 Å². The summed E-state index contributed by atoms with van der Waals surface area (Å²) < 4.78 is 15.9. The zero-order chi connectivity index (χ0) is 12.6. The molecule has 0 fully saturated rings. The van der Waals surface area contributed by atoms with Gasteiger partial charge in [0.05, 0.1) is 19.8 Å². The molecular weight excluding hydrogens is 228 g/mol. The van der Waals surface area contributed by atoms with Crippen molar-refractivity contribution < 1.29 is 14.2 Å². The van der Waals surface area contributed by atoms with Crippen LogP contribution in [0.3, 0.4) is 0 Å². The third-order valence-electron chi connectivity index (χ3n) is 2.65. The molecule has 0 aliphatic carbocycles. The van der Waals surface area contributed by atoms with E-state index in [0.29, 0.717) is 26.4 Å². The molecule has 0 aliphatic heterocycles. The molecule has 0 amide bonds. The van der Waals surface area contributed by atoms with Gasteiger partial charge in [0, 0.05) is 7.11 Å². The van der Waals surface area contributed by atoms with Crippen molar-refractivity contribution in [2.24, 2.45) is 0 Å². The van der Waals surface area contributed by atoms with E-state index in [2.05, 4.69) is 18.2 Å². The number of methoxy groups -OCH3 is 1. The van der Waals surface area contributed by atoms with Crippen LogP contribution in [0.25, 0.3) is 10.8 Å². The number of ether oxygens (including phenoxy) is 3. The van der Waals surface area contributed by atoms with Crippen LogP contribution in [0, 0.1) is 0 Å². The molecule has 2 aromatic carbocycles. The van der Waals surface area contributed by atoms with Crippen molar-refractivity contribution in [3.05, 3.63) is 42.5 Å². The normalized spacial score (nSPS) is 10.7. The molecule has 0 heterocycles. The van der Waals surface area contributed by atoms with Crippen LogP contribution < -0.4 is 4.74 Å². The molecule has 0 saturated heterocycles. The fourth-order valence-electron chi connectivity index (χ4n) is 1.72. The first-order valence-electron chi connectivity index (χ1n) is 6.08. The molecule has 0 aliphatic rings. The Morgan fingerprint density at radius 2 is 1.61 bits per heavy atom. The van der Waals surface area contributed by atoms with Gasteiger partial charge in [0.1, 0.15) is 12.4 Å². The Kier molecular flexibility index (Phi) is 5.00. The molecule has 0 aromatic heterocycles. The zero-order valence-corrected chi connectivity index (χ0v) is 10.6. The topological polar surface area (TPSA) is 27.7 Å². The molecule has 0 saturated carbocycles. The zero-order valence-electron chi connectivity index (χ0n) is 10.6. The minimum atomic E-state index is 0.558. The average molecular weight is 246 g/mol. The second-order valence-corrected chi connectivity index (χ2v) is 3.96. The van der Waals surface area contributed by atoms with Crippen LogP contribution in [0.4, 0.5) is 0 Å². The lowest BCUT2D eigenvalue weighted by atomic mass is 10.1. The largest absolute Gasteiger partial charge is 0.491 e. The molecule has 0 atom stereocenters. The summed E-state index contributed by atoms with van der Waals surface area (Å²) in [6.45, 7) is 2.37. The maximum absolute atomic E-state index is 5.63. The van der Waals surface area contributed by atoms with Crippen LogP contribution >= 0.6 is 0 Å². The maximum Gasteiger partial charge on any atom is 0.120 e. The van der Waals surface area contributed by atoms with Gasteiger partial charge in [-0.05, 0) is 22.9 Å². The Morgan fingerprint density at radius 3 is 2.44 bits per heavy atom. The van der Waals surface area contributed by atoms with Crippen molar-refractivity contribution in [2.45, 2.75) is 0 Å². The number of hydrogen-bond donors (Lipinski definition) is 0. The number of hydrogen-bond acceptors (Lipinski definition) is 3. The number of rotatable bonds is 7. The predicted molar refractivity (Wildman–Crippen MR) is 72.1 cm³/mol. The fourth-order valence-corrected chi connectivity index (χ4v) is 1.72. The van der Waals surface area contributed by atoms with Gasteiger partial charge in [0.2, 0.25) is 0 Å². The highest BCUT2D eigenvalue weighted by Gasteiger charge is 1.97. The minimum absolute atomic E-state index is 0.558. The van der Waals surface area contributed by atoms with Gasteiger partial charge in [-0.15, -0.1) is 0 Å². The average Bonchev–Trinajstić information content (AvgIpc) is 2.42. The van der Waals surface area contributed by atoms with E-state index >= 15 is 0 Å². The second-order valence-electron chi connectivity index (χ2n) is 3.96. The highest BCUT2D eigenvalue weighted by atomic mass is 16.5. The highest BCUT2D eigenvalue weighted by Crippen LogP contribution is 2.20. The molecule has 0 spiro atoms. The Morgan fingerprint density at radius 1 is 0.833 bits per heavy atom. The molecule has 0 radical (unpaired) electrons. The van der Waals surface area contributed by atoms with E-state index < -0.39 is 0 Å². The first-order chi connectivity index (χ1) is 8.90. The molecule has 3 nitrogen and oxygen atoms in total. The van der Waals surface area contributed by atoms with Crippen molar-refractivity contribution in [1.29, 1.82) is 0 Å². The van der Waals surface area contributed by atoms with Gasteiger partial charge >= 0.3 is 0 Å². The van der Waals surface area contributed by atoms with Crippen LogP contribution in [0.2, 0.25) is 0 Å². The lowest BCUT2D eigenvalue weighted by molar-refractivity contribution is 0.0544. The monoisotopic (exact) mass is 246 g/mol. The SMILES string of the molecule is COCCOCCOc1ccc2ccccc2c1. The summed E-state index contributed by atoms with van der Waals surface area (Å²) in [7, 11) is 1.66. The Balaban J connectivity index is 1.81. The summed E-state index contributed by atoms with van der Waals surface area (Å²) in [5, 5.41) is 2.41. The smallest absolute Gasteiger partial charge is 0.120 e. The number of fused-ring (bicyclic) bond motifs is 1. The molecule has 0 N–H and O–H groups in total. The predicted octanol–water partition coefficient (Wildman–Crippen LogP) is 2.88. The van der Waals surface area contributed by atoms with E-state index in [4.69, 9.17) is 14.2 Å². The summed E-state index contributed by atoms with van der Waals surface area (Å²) in [5.74, 6) is 0.879. The molecule has 2 aromatic rings. The van der Waals surface area contributed by atoms with Gasteiger partial charge in [-0.1, -0.05) is 30.3 Å². The van der Waals surface area contributed by atoms with Crippen LogP contribution in [0.5, 0.6) is 5.75 Å². The van der Waals surface area contributed by atoms with Crippen molar-refractivity contribution in [1.82, 2.24) is 0 Å². The molecule has 0 bridgehead atoms. The van der Waals surface area contributed by atoms with Crippen LogP contribution in [0.15, 0.2) is 42.5 Å². The van der Waals surface area contributed by atoms with Gasteiger partial charge in [-0.2, -0.15) is 0 Å². The van der Waals surface area contributed by atoms with Crippen molar-refractivity contribution in [3.8, 4) is 5.75 Å². The third-order valence-corrected chi connectivity index (χ3v) is 2.65. The first-order valence-corrected chi connectivity index (χ1v) is 6.08. The maximum atomic E-state index is 5.63. The standard InChI is InChI=1S/C15H18O3/c1-16-8-9-17-10-11-18-15-7-6-13-4-2-3-5-14(13)12-15/h2-7,12H,8-11H2,1H3. The van der Waals surface area contributed by atoms with Gasteiger partial charge in [0.25, 0.3) is 0 Å². The summed E-state index contributed by atoms with van der Waals surface area (Å²) >= 11 is 0. The molecule has 3 heteroatoms. The van der Waals surface area contributed by atoms with Crippen LogP contribution in [0.1, 0.15) is 0 Å². The van der Waals surface area contributed by atoms with Crippen LogP contribution in [-0.4, -0.2) is 33.5 Å². The minimum Gasteiger partial charge on any atom is -0.491 e. The highest BCUT2D eigenvalue weighted by molar-refractivity contribution is 5.83. The second kappa shape index (κ2) is 6.99. The van der Waals surface area contributed by atoms with Gasteiger partial charge in [-0.25, -0.2) is 0 Å². The summed E-state index contributed by atoms with van der Waals surface area (Å²) in [6.07, 6.45) is 0. The third kappa shape index (κ3) is 3.72. The van der Waals surface area contributed by atoms with E-state index in [1.54, 1.807) is 7.11 Å². The van der Waals surface area contributed by atoms with E-state index in [-0.39, 0.29) is 0 Å².